The van der Waals surface area contributed by atoms with Gasteiger partial charge in [-0.05, 0) is 189 Å². The maximum atomic E-state index is 6.54. The van der Waals surface area contributed by atoms with Gasteiger partial charge in [0, 0.05) is 23.7 Å². The normalized spacial score (nSPS) is 23.3. The summed E-state index contributed by atoms with van der Waals surface area (Å²) in [4.78, 5) is 0. The SMILES string of the molecule is CCCCCCCCCCCCOc1ccc(C2(c3ccc(C)cc3)C3=C2C2c4ccc5c6ccc7c8ccc9c%10c%11c%12c%13c%14c%15c%16c(c4c5c4c6c7c(c8%10)c(c%11%15)c%164)C2C%14C3=C%13C=CC9%12)cc1. The number of fused-ring (bicyclic) bond motifs is 6. The maximum Gasteiger partial charge on any atom is 0.119 e. The van der Waals surface area contributed by atoms with Crippen molar-refractivity contribution in [3.05, 3.63) is 164 Å². The molecule has 0 bridgehead atoms. The van der Waals surface area contributed by atoms with E-state index in [9.17, 15) is 0 Å². The van der Waals surface area contributed by atoms with Crippen molar-refractivity contribution in [3.63, 3.8) is 0 Å². The molecule has 0 amide bonds. The summed E-state index contributed by atoms with van der Waals surface area (Å²) in [6, 6.07) is 34.5. The molecule has 0 heterocycles. The third kappa shape index (κ3) is 3.41. The van der Waals surface area contributed by atoms with Crippen LogP contribution < -0.4 is 4.74 Å². The van der Waals surface area contributed by atoms with Crippen LogP contribution in [0.1, 0.15) is 145 Å². The molecular formula is C66H48O. The molecule has 67 heavy (non-hydrogen) atoms. The second-order valence-corrected chi connectivity index (χ2v) is 22.5. The Hall–Kier alpha value is -6.44. The molecule has 0 N–H and O–H groups in total. The molecule has 7 aliphatic carbocycles. The predicted octanol–water partition coefficient (Wildman–Crippen LogP) is 17.7. The van der Waals surface area contributed by atoms with E-state index in [0.717, 1.165) is 18.8 Å². The molecule has 5 unspecified atom stereocenters. The van der Waals surface area contributed by atoms with E-state index in [-0.39, 0.29) is 5.41 Å². The van der Waals surface area contributed by atoms with E-state index in [2.05, 4.69) is 111 Å². The summed E-state index contributed by atoms with van der Waals surface area (Å²) in [7, 11) is 0. The first-order valence-electron chi connectivity index (χ1n) is 26.2. The van der Waals surface area contributed by atoms with Gasteiger partial charge >= 0.3 is 0 Å². The van der Waals surface area contributed by atoms with Crippen molar-refractivity contribution in [1.29, 1.82) is 0 Å². The average Bonchev–Trinajstić information content (AvgIpc) is 3.95. The van der Waals surface area contributed by atoms with Gasteiger partial charge in [0.05, 0.1) is 12.0 Å². The highest BCUT2D eigenvalue weighted by molar-refractivity contribution is 6.61. The largest absolute Gasteiger partial charge is 0.494 e. The van der Waals surface area contributed by atoms with Gasteiger partial charge in [-0.3, -0.25) is 0 Å². The highest BCUT2D eigenvalue weighted by atomic mass is 16.5. The van der Waals surface area contributed by atoms with E-state index in [1.165, 1.54) is 96.0 Å². The number of hydrogen-bond acceptors (Lipinski definition) is 1. The summed E-state index contributed by atoms with van der Waals surface area (Å²) in [6.07, 6.45) is 18.7. The summed E-state index contributed by atoms with van der Waals surface area (Å²) in [6.45, 7) is 5.35. The van der Waals surface area contributed by atoms with Crippen LogP contribution in [0.5, 0.6) is 5.75 Å². The fourth-order valence-corrected chi connectivity index (χ4v) is 17.7. The van der Waals surface area contributed by atoms with Crippen LogP contribution >= 0.6 is 0 Å². The van der Waals surface area contributed by atoms with E-state index in [4.69, 9.17) is 4.74 Å². The summed E-state index contributed by atoms with van der Waals surface area (Å²) in [5.41, 5.74) is 20.2. The zero-order chi connectivity index (χ0) is 43.1. The van der Waals surface area contributed by atoms with Crippen molar-refractivity contribution in [2.24, 2.45) is 0 Å². The molecule has 0 fully saturated rings. The lowest BCUT2D eigenvalue weighted by Gasteiger charge is -2.35. The third-order valence-electron chi connectivity index (χ3n) is 19.9. The van der Waals surface area contributed by atoms with Gasteiger partial charge in [-0.2, -0.15) is 0 Å². The van der Waals surface area contributed by atoms with Crippen LogP contribution in [0.25, 0.3) is 103 Å². The monoisotopic (exact) mass is 856 g/mol. The molecule has 0 spiro atoms. The molecule has 318 valence electrons. The first-order chi connectivity index (χ1) is 33.2. The average molecular weight is 857 g/mol. The van der Waals surface area contributed by atoms with Gasteiger partial charge in [-0.25, -0.2) is 0 Å². The van der Waals surface area contributed by atoms with E-state index < -0.39 is 0 Å². The minimum atomic E-state index is -0.297. The molecule has 0 saturated carbocycles. The maximum absolute atomic E-state index is 6.54. The first-order valence-corrected chi connectivity index (χ1v) is 26.2. The molecule has 12 aromatic rings. The second-order valence-electron chi connectivity index (χ2n) is 22.5. The van der Waals surface area contributed by atoms with Crippen LogP contribution in [0.3, 0.4) is 0 Å². The van der Waals surface area contributed by atoms with Crippen molar-refractivity contribution in [1.82, 2.24) is 0 Å². The Bertz CT molecular complexity index is 4340. The highest BCUT2D eigenvalue weighted by Crippen LogP contribution is 2.83. The fourth-order valence-electron chi connectivity index (χ4n) is 17.7. The summed E-state index contributed by atoms with van der Waals surface area (Å²) in [5.74, 6) is 2.40. The molecule has 0 aromatic heterocycles. The van der Waals surface area contributed by atoms with Crippen molar-refractivity contribution in [3.8, 4) is 5.75 Å². The number of ether oxygens (including phenoxy) is 1. The van der Waals surface area contributed by atoms with Gasteiger partial charge in [-0.15, -0.1) is 0 Å². The number of benzene rings is 9. The number of rotatable bonds is 14. The standard InChI is InChI=1S/C66H48O/c1-3-4-5-6-7-8-9-10-11-12-29-67-33-19-17-32(18-20-33)66(31-15-13-30(2)14-16-31)64-50-40-27-25-38-36-23-21-34-35-22-24-37-39-26-28-41-49-47(39)54-45(37)43(35)52-42(34)44(36)53-46(38)48(40)55-57(50)58(51(41)65(64)66)56(49)63-61(54)59(52)60(53)62(55)63/h13-28,38,51,57-58H,3-12,29H2,1-2H3. The minimum absolute atomic E-state index is 0.297. The summed E-state index contributed by atoms with van der Waals surface area (Å²) in [5, 5.41) is 28.2. The summed E-state index contributed by atoms with van der Waals surface area (Å²) < 4.78 is 6.54. The van der Waals surface area contributed by atoms with Gasteiger partial charge in [0.2, 0.25) is 0 Å². The Morgan fingerprint density at radius 1 is 0.478 bits per heavy atom. The Labute approximate surface area is 388 Å². The summed E-state index contributed by atoms with van der Waals surface area (Å²) >= 11 is 0. The van der Waals surface area contributed by atoms with Crippen LogP contribution in [-0.4, -0.2) is 6.61 Å². The fraction of sp³-hybridized carbons (Fsp3) is 0.273. The number of hydrogen-bond donors (Lipinski definition) is 0. The lowest BCUT2D eigenvalue weighted by atomic mass is 9.67. The van der Waals surface area contributed by atoms with E-state index in [0.29, 0.717) is 23.7 Å². The van der Waals surface area contributed by atoms with Crippen LogP contribution in [0.15, 0.2) is 114 Å². The lowest BCUT2D eigenvalue weighted by molar-refractivity contribution is 0.304. The van der Waals surface area contributed by atoms with Gasteiger partial charge in [0.15, 0.2) is 0 Å². The van der Waals surface area contributed by atoms with Crippen LogP contribution in [0.2, 0.25) is 0 Å². The molecule has 12 aromatic carbocycles. The highest BCUT2D eigenvalue weighted by Gasteiger charge is 2.69. The number of allylic oxidation sites excluding steroid dienone is 6. The number of aryl methyl sites for hydroxylation is 1. The zero-order valence-electron chi connectivity index (χ0n) is 38.2. The molecule has 0 radical (unpaired) electrons. The van der Waals surface area contributed by atoms with E-state index >= 15 is 0 Å². The Kier molecular flexibility index (Phi) is 5.77. The van der Waals surface area contributed by atoms with Crippen molar-refractivity contribution in [2.75, 3.05) is 6.61 Å². The lowest BCUT2D eigenvalue weighted by Crippen LogP contribution is -2.21. The van der Waals surface area contributed by atoms with Crippen LogP contribution in [0.4, 0.5) is 0 Å². The third-order valence-corrected chi connectivity index (χ3v) is 19.9. The van der Waals surface area contributed by atoms with Crippen molar-refractivity contribution >= 4 is 103 Å². The predicted molar refractivity (Wildman–Crippen MR) is 280 cm³/mol. The second kappa shape index (κ2) is 11.1. The zero-order valence-corrected chi connectivity index (χ0v) is 38.2. The molecule has 7 aliphatic rings. The molecule has 1 heteroatoms. The molecule has 0 aliphatic heterocycles. The Morgan fingerprint density at radius 2 is 1.03 bits per heavy atom. The van der Waals surface area contributed by atoms with E-state index in [1.54, 1.807) is 131 Å². The van der Waals surface area contributed by atoms with Crippen molar-refractivity contribution in [2.45, 2.75) is 107 Å². The molecule has 5 atom stereocenters. The van der Waals surface area contributed by atoms with Crippen LogP contribution in [0, 0.1) is 6.92 Å². The Balaban J connectivity index is 0.835. The minimum Gasteiger partial charge on any atom is -0.494 e. The molecule has 1 nitrogen and oxygen atoms in total. The molecular weight excluding hydrogens is 809 g/mol. The van der Waals surface area contributed by atoms with Gasteiger partial charge in [0.1, 0.15) is 5.75 Å². The number of unbranched alkanes of at least 4 members (excludes halogenated alkanes) is 9. The van der Waals surface area contributed by atoms with Gasteiger partial charge in [0.25, 0.3) is 0 Å². The quantitative estimate of drug-likeness (QED) is 0.0782. The van der Waals surface area contributed by atoms with Crippen LogP contribution in [-0.2, 0) is 5.41 Å². The van der Waals surface area contributed by atoms with Crippen molar-refractivity contribution < 1.29 is 4.74 Å². The molecule has 19 rings (SSSR count). The first kappa shape index (κ1) is 34.8. The van der Waals surface area contributed by atoms with Gasteiger partial charge in [-0.1, -0.05) is 155 Å². The molecule has 0 saturated heterocycles. The topological polar surface area (TPSA) is 9.23 Å². The Morgan fingerprint density at radius 3 is 1.75 bits per heavy atom. The van der Waals surface area contributed by atoms with E-state index in [1.807, 2.05) is 0 Å². The van der Waals surface area contributed by atoms with Gasteiger partial charge < -0.3 is 4.74 Å². The smallest absolute Gasteiger partial charge is 0.119 e.